The molecule has 0 saturated carbocycles. The molecular weight excluding hydrogens is 470 g/mol. The van der Waals surface area contributed by atoms with Crippen LogP contribution < -0.4 is 0 Å². The van der Waals surface area contributed by atoms with Gasteiger partial charge in [0, 0.05) is 38.5 Å². The number of pyridine rings is 1. The van der Waals surface area contributed by atoms with E-state index >= 15 is 0 Å². The summed E-state index contributed by atoms with van der Waals surface area (Å²) in [4.78, 5) is 6.16. The highest BCUT2D eigenvalue weighted by molar-refractivity contribution is 7.22. The third kappa shape index (κ3) is 4.26. The van der Waals surface area contributed by atoms with Crippen molar-refractivity contribution in [2.45, 2.75) is 53.4 Å². The fourth-order valence-corrected chi connectivity index (χ4v) is 6.45. The van der Waals surface area contributed by atoms with Crippen molar-refractivity contribution in [3.63, 3.8) is 0 Å². The Morgan fingerprint density at radius 3 is 2.46 bits per heavy atom. The molecule has 0 amide bonds. The van der Waals surface area contributed by atoms with Crippen LogP contribution in [0.2, 0.25) is 0 Å². The zero-order valence-electron chi connectivity index (χ0n) is 22.5. The maximum absolute atomic E-state index is 6.20. The molecule has 0 fully saturated rings. The van der Waals surface area contributed by atoms with Gasteiger partial charge < -0.3 is 4.42 Å². The van der Waals surface area contributed by atoms with E-state index in [2.05, 4.69) is 108 Å². The Kier molecular flexibility index (Phi) is 5.72. The van der Waals surface area contributed by atoms with E-state index in [-0.39, 0.29) is 5.41 Å². The summed E-state index contributed by atoms with van der Waals surface area (Å²) in [6, 6.07) is 24.4. The number of aryl methyl sites for hydroxylation is 1. The number of hydrogen-bond donors (Lipinski definition) is 0. The number of thiophene rings is 1. The number of furan rings is 1. The molecule has 6 rings (SSSR count). The lowest BCUT2D eigenvalue weighted by atomic mass is 9.82. The summed E-state index contributed by atoms with van der Waals surface area (Å²) in [5, 5.41) is 5.00. The maximum Gasteiger partial charge on any atom is 0.134 e. The van der Waals surface area contributed by atoms with E-state index in [1.54, 1.807) is 0 Å². The van der Waals surface area contributed by atoms with Crippen LogP contribution in [0.15, 0.2) is 77.3 Å². The van der Waals surface area contributed by atoms with E-state index in [9.17, 15) is 0 Å². The summed E-state index contributed by atoms with van der Waals surface area (Å²) < 4.78 is 7.46. The summed E-state index contributed by atoms with van der Waals surface area (Å²) in [5.74, 6) is 1.68. The van der Waals surface area contributed by atoms with Gasteiger partial charge >= 0.3 is 0 Å². The van der Waals surface area contributed by atoms with Gasteiger partial charge in [-0.2, -0.15) is 0 Å². The third-order valence-electron chi connectivity index (χ3n) is 7.30. The lowest BCUT2D eigenvalue weighted by Gasteiger charge is -2.22. The van der Waals surface area contributed by atoms with Gasteiger partial charge in [-0.25, -0.2) is 0 Å². The fraction of sp³-hybridized carbons (Fsp3) is 0.265. The first kappa shape index (κ1) is 23.9. The van der Waals surface area contributed by atoms with Crippen molar-refractivity contribution in [3.8, 4) is 21.7 Å². The Hall–Kier alpha value is -3.43. The molecule has 186 valence electrons. The number of hydrogen-bond acceptors (Lipinski definition) is 3. The Labute approximate surface area is 223 Å². The van der Waals surface area contributed by atoms with Crippen LogP contribution in [-0.4, -0.2) is 4.98 Å². The van der Waals surface area contributed by atoms with Gasteiger partial charge in [0.1, 0.15) is 11.3 Å². The van der Waals surface area contributed by atoms with Gasteiger partial charge in [0.15, 0.2) is 0 Å². The standard InChI is InChI=1S/C34H33NOS/c1-20(2)15-30-21(3)26-17-23(11-12-29(26)36-30)32-19-27-31(37-32)13-14-35-33(27)24-16-22-9-7-8-10-25(22)28(18-24)34(4,5)6/h7-14,16-20H,15H2,1-6H3. The normalized spacial score (nSPS) is 12.4. The number of aromatic nitrogens is 1. The van der Waals surface area contributed by atoms with Crippen molar-refractivity contribution in [2.75, 3.05) is 0 Å². The van der Waals surface area contributed by atoms with Crippen molar-refractivity contribution in [3.05, 3.63) is 89.8 Å². The zero-order chi connectivity index (χ0) is 25.9. The second kappa shape index (κ2) is 8.85. The van der Waals surface area contributed by atoms with Gasteiger partial charge in [-0.3, -0.25) is 4.98 Å². The van der Waals surface area contributed by atoms with Crippen LogP contribution in [0.4, 0.5) is 0 Å². The Bertz CT molecular complexity index is 1780. The van der Waals surface area contributed by atoms with Gasteiger partial charge in [0.05, 0.1) is 5.69 Å². The molecule has 0 unspecified atom stereocenters. The molecule has 3 heterocycles. The second-order valence-electron chi connectivity index (χ2n) is 11.6. The van der Waals surface area contributed by atoms with Gasteiger partial charge in [-0.1, -0.05) is 58.9 Å². The maximum atomic E-state index is 6.20. The molecule has 0 spiro atoms. The molecule has 0 aliphatic heterocycles. The molecule has 0 aliphatic rings. The van der Waals surface area contributed by atoms with Gasteiger partial charge in [-0.05, 0) is 88.2 Å². The van der Waals surface area contributed by atoms with Crippen molar-refractivity contribution in [2.24, 2.45) is 5.92 Å². The second-order valence-corrected chi connectivity index (χ2v) is 12.7. The lowest BCUT2D eigenvalue weighted by Crippen LogP contribution is -2.12. The van der Waals surface area contributed by atoms with Crippen molar-refractivity contribution in [1.29, 1.82) is 0 Å². The summed E-state index contributed by atoms with van der Waals surface area (Å²) in [6.07, 6.45) is 2.92. The van der Waals surface area contributed by atoms with Crippen LogP contribution >= 0.6 is 11.3 Å². The summed E-state index contributed by atoms with van der Waals surface area (Å²) in [5.41, 5.74) is 7.09. The molecule has 3 heteroatoms. The van der Waals surface area contributed by atoms with E-state index in [1.807, 2.05) is 17.5 Å². The predicted octanol–water partition coefficient (Wildman–Crippen LogP) is 10.3. The highest BCUT2D eigenvalue weighted by Crippen LogP contribution is 2.41. The van der Waals surface area contributed by atoms with E-state index in [0.29, 0.717) is 5.92 Å². The summed E-state index contributed by atoms with van der Waals surface area (Å²) in [6.45, 7) is 13.5. The lowest BCUT2D eigenvalue weighted by molar-refractivity contribution is 0.496. The van der Waals surface area contributed by atoms with Crippen LogP contribution in [-0.2, 0) is 11.8 Å². The van der Waals surface area contributed by atoms with Gasteiger partial charge in [0.25, 0.3) is 0 Å². The first-order chi connectivity index (χ1) is 17.7. The van der Waals surface area contributed by atoms with Gasteiger partial charge in [0.2, 0.25) is 0 Å². The average Bonchev–Trinajstić information content (AvgIpc) is 3.43. The van der Waals surface area contributed by atoms with Crippen molar-refractivity contribution < 1.29 is 4.42 Å². The largest absolute Gasteiger partial charge is 0.461 e. The number of fused-ring (bicyclic) bond motifs is 3. The number of benzene rings is 3. The molecule has 0 radical (unpaired) electrons. The van der Waals surface area contributed by atoms with E-state index < -0.39 is 0 Å². The van der Waals surface area contributed by atoms with Crippen LogP contribution in [0.1, 0.15) is 51.5 Å². The van der Waals surface area contributed by atoms with Crippen LogP contribution in [0.25, 0.3) is 53.5 Å². The number of nitrogens with zero attached hydrogens (tertiary/aromatic N) is 1. The van der Waals surface area contributed by atoms with E-state index in [4.69, 9.17) is 9.40 Å². The minimum absolute atomic E-state index is 0.0373. The van der Waals surface area contributed by atoms with Crippen molar-refractivity contribution >= 4 is 43.2 Å². The first-order valence-corrected chi connectivity index (χ1v) is 14.0. The molecule has 0 saturated heterocycles. The molecule has 2 nitrogen and oxygen atoms in total. The Balaban J connectivity index is 1.49. The summed E-state index contributed by atoms with van der Waals surface area (Å²) in [7, 11) is 0. The molecule has 0 bridgehead atoms. The fourth-order valence-electron chi connectivity index (χ4n) is 5.39. The monoisotopic (exact) mass is 503 g/mol. The van der Waals surface area contributed by atoms with Crippen LogP contribution in [0, 0.1) is 12.8 Å². The smallest absolute Gasteiger partial charge is 0.134 e. The molecule has 0 aliphatic carbocycles. The van der Waals surface area contributed by atoms with Crippen LogP contribution in [0.3, 0.4) is 0 Å². The Morgan fingerprint density at radius 1 is 0.865 bits per heavy atom. The topological polar surface area (TPSA) is 26.0 Å². The highest BCUT2D eigenvalue weighted by Gasteiger charge is 2.20. The van der Waals surface area contributed by atoms with E-state index in [1.165, 1.54) is 53.4 Å². The quantitative estimate of drug-likeness (QED) is 0.239. The average molecular weight is 504 g/mol. The SMILES string of the molecule is Cc1c(CC(C)C)oc2ccc(-c3cc4c(-c5cc(C(C)(C)C)c6ccccc6c5)nccc4s3)cc12. The molecule has 0 N–H and O–H groups in total. The predicted molar refractivity (Wildman–Crippen MR) is 160 cm³/mol. The zero-order valence-corrected chi connectivity index (χ0v) is 23.3. The van der Waals surface area contributed by atoms with Crippen LogP contribution in [0.5, 0.6) is 0 Å². The van der Waals surface area contributed by atoms with Gasteiger partial charge in [-0.15, -0.1) is 11.3 Å². The first-order valence-electron chi connectivity index (χ1n) is 13.1. The minimum Gasteiger partial charge on any atom is -0.461 e. The number of rotatable bonds is 4. The summed E-state index contributed by atoms with van der Waals surface area (Å²) >= 11 is 1.83. The van der Waals surface area contributed by atoms with Crippen molar-refractivity contribution in [1.82, 2.24) is 4.98 Å². The molecule has 0 atom stereocenters. The highest BCUT2D eigenvalue weighted by atomic mass is 32.1. The molecule has 3 aromatic carbocycles. The minimum atomic E-state index is 0.0373. The molecule has 3 aromatic heterocycles. The Morgan fingerprint density at radius 2 is 1.68 bits per heavy atom. The molecular formula is C34H33NOS. The molecule has 6 aromatic rings. The third-order valence-corrected chi connectivity index (χ3v) is 8.45. The van der Waals surface area contributed by atoms with E-state index in [0.717, 1.165) is 23.5 Å². The molecule has 37 heavy (non-hydrogen) atoms.